The molecule has 1 saturated carbocycles. The monoisotopic (exact) mass is 259 g/mol. The second-order valence-electron chi connectivity index (χ2n) is 6.10. The molecule has 1 aliphatic carbocycles. The van der Waals surface area contributed by atoms with Gasteiger partial charge in [-0.1, -0.05) is 25.0 Å². The summed E-state index contributed by atoms with van der Waals surface area (Å²) in [5, 5.41) is 0. The van der Waals surface area contributed by atoms with E-state index in [4.69, 9.17) is 5.73 Å². The van der Waals surface area contributed by atoms with Crippen LogP contribution in [0.5, 0.6) is 0 Å². The highest BCUT2D eigenvalue weighted by atomic mass is 15.2. The molecule has 1 aliphatic heterocycles. The van der Waals surface area contributed by atoms with Crippen LogP contribution in [0.4, 0.5) is 5.69 Å². The average Bonchev–Trinajstić information content (AvgIpc) is 3.04. The zero-order valence-electron chi connectivity index (χ0n) is 12.1. The van der Waals surface area contributed by atoms with E-state index in [1.165, 1.54) is 42.5 Å². The van der Waals surface area contributed by atoms with Crippen LogP contribution in [0.3, 0.4) is 0 Å². The predicted molar refractivity (Wildman–Crippen MR) is 80.4 cm³/mol. The molecule has 1 fully saturated rings. The molecule has 3 nitrogen and oxygen atoms in total. The molecule has 0 aromatic heterocycles. The van der Waals surface area contributed by atoms with E-state index in [2.05, 4.69) is 42.1 Å². The number of rotatable bonds is 3. The standard InChI is InChI=1S/C16H25N3/c1-18(2)15-9-5-8-13-14(15)11-19(16(13)10-17)12-6-3-4-7-12/h5,8-9,12,16H,3-4,6-7,10-11,17H2,1-2H3. The Labute approximate surface area is 116 Å². The molecule has 1 heterocycles. The van der Waals surface area contributed by atoms with Crippen molar-refractivity contribution in [2.45, 2.75) is 44.3 Å². The molecule has 104 valence electrons. The Kier molecular flexibility index (Phi) is 3.50. The number of nitrogens with two attached hydrogens (primary N) is 1. The van der Waals surface area contributed by atoms with Gasteiger partial charge in [0, 0.05) is 45.0 Å². The van der Waals surface area contributed by atoms with E-state index in [1.807, 2.05) is 0 Å². The number of benzene rings is 1. The molecule has 19 heavy (non-hydrogen) atoms. The van der Waals surface area contributed by atoms with Crippen LogP contribution in [-0.2, 0) is 6.54 Å². The van der Waals surface area contributed by atoms with Crippen LogP contribution in [-0.4, -0.2) is 31.6 Å². The smallest absolute Gasteiger partial charge is 0.0480 e. The Hall–Kier alpha value is -1.06. The van der Waals surface area contributed by atoms with Gasteiger partial charge < -0.3 is 10.6 Å². The normalized spacial score (nSPS) is 23.8. The van der Waals surface area contributed by atoms with Crippen LogP contribution in [0, 0.1) is 0 Å². The van der Waals surface area contributed by atoms with Crippen LogP contribution in [0.15, 0.2) is 18.2 Å². The van der Waals surface area contributed by atoms with Crippen LogP contribution < -0.4 is 10.6 Å². The number of anilines is 1. The third-order valence-corrected chi connectivity index (χ3v) is 4.79. The van der Waals surface area contributed by atoms with Crippen molar-refractivity contribution < 1.29 is 0 Å². The van der Waals surface area contributed by atoms with Gasteiger partial charge >= 0.3 is 0 Å². The van der Waals surface area contributed by atoms with Gasteiger partial charge in [0.1, 0.15) is 0 Å². The van der Waals surface area contributed by atoms with Crippen LogP contribution >= 0.6 is 0 Å². The SMILES string of the molecule is CN(C)c1cccc2c1CN(C1CCCC1)C2CN. The topological polar surface area (TPSA) is 32.5 Å². The van der Waals surface area contributed by atoms with Crippen LogP contribution in [0.2, 0.25) is 0 Å². The molecule has 1 aromatic rings. The Bertz CT molecular complexity index is 449. The van der Waals surface area contributed by atoms with E-state index in [9.17, 15) is 0 Å². The summed E-state index contributed by atoms with van der Waals surface area (Å²) in [7, 11) is 4.26. The Morgan fingerprint density at radius 2 is 2.00 bits per heavy atom. The Morgan fingerprint density at radius 3 is 2.63 bits per heavy atom. The molecule has 0 spiro atoms. The summed E-state index contributed by atoms with van der Waals surface area (Å²) < 4.78 is 0. The fraction of sp³-hybridized carbons (Fsp3) is 0.625. The summed E-state index contributed by atoms with van der Waals surface area (Å²) in [6.45, 7) is 1.82. The van der Waals surface area contributed by atoms with Crippen molar-refractivity contribution in [1.82, 2.24) is 4.90 Å². The minimum absolute atomic E-state index is 0.429. The van der Waals surface area contributed by atoms with Gasteiger partial charge in [-0.3, -0.25) is 4.90 Å². The number of hydrogen-bond donors (Lipinski definition) is 1. The molecule has 0 bridgehead atoms. The molecule has 0 amide bonds. The first-order valence-electron chi connectivity index (χ1n) is 7.47. The van der Waals surface area contributed by atoms with Gasteiger partial charge in [-0.2, -0.15) is 0 Å². The molecule has 2 aliphatic rings. The molecule has 3 heteroatoms. The van der Waals surface area contributed by atoms with Crippen LogP contribution in [0.1, 0.15) is 42.9 Å². The highest BCUT2D eigenvalue weighted by Crippen LogP contribution is 2.42. The molecule has 0 radical (unpaired) electrons. The average molecular weight is 259 g/mol. The summed E-state index contributed by atoms with van der Waals surface area (Å²) in [5.41, 5.74) is 10.4. The lowest BCUT2D eigenvalue weighted by Crippen LogP contribution is -2.35. The van der Waals surface area contributed by atoms with E-state index in [0.717, 1.165) is 19.1 Å². The molecule has 1 atom stereocenters. The highest BCUT2D eigenvalue weighted by Gasteiger charge is 2.36. The van der Waals surface area contributed by atoms with Gasteiger partial charge in [0.15, 0.2) is 0 Å². The minimum atomic E-state index is 0.429. The lowest BCUT2D eigenvalue weighted by Gasteiger charge is -2.30. The fourth-order valence-corrected chi connectivity index (χ4v) is 3.85. The summed E-state index contributed by atoms with van der Waals surface area (Å²) in [4.78, 5) is 4.88. The predicted octanol–water partition coefficient (Wildman–Crippen LogP) is 2.51. The van der Waals surface area contributed by atoms with E-state index in [0.29, 0.717) is 6.04 Å². The van der Waals surface area contributed by atoms with Crippen molar-refractivity contribution in [1.29, 1.82) is 0 Å². The van der Waals surface area contributed by atoms with E-state index >= 15 is 0 Å². The molecule has 0 saturated heterocycles. The van der Waals surface area contributed by atoms with Crippen LogP contribution in [0.25, 0.3) is 0 Å². The fourth-order valence-electron chi connectivity index (χ4n) is 3.85. The third kappa shape index (κ3) is 2.15. The Balaban J connectivity index is 1.95. The zero-order chi connectivity index (χ0) is 13.4. The quantitative estimate of drug-likeness (QED) is 0.905. The van der Waals surface area contributed by atoms with Gasteiger partial charge in [-0.15, -0.1) is 0 Å². The summed E-state index contributed by atoms with van der Waals surface area (Å²) in [5.74, 6) is 0. The number of nitrogens with zero attached hydrogens (tertiary/aromatic N) is 2. The molecule has 2 N–H and O–H groups in total. The maximum Gasteiger partial charge on any atom is 0.0480 e. The first-order chi connectivity index (χ1) is 9.22. The summed E-state index contributed by atoms with van der Waals surface area (Å²) >= 11 is 0. The third-order valence-electron chi connectivity index (χ3n) is 4.79. The Morgan fingerprint density at radius 1 is 1.26 bits per heavy atom. The second kappa shape index (κ2) is 5.14. The molecule has 1 aromatic carbocycles. The molecular weight excluding hydrogens is 234 g/mol. The van der Waals surface area contributed by atoms with Gasteiger partial charge in [0.25, 0.3) is 0 Å². The van der Waals surface area contributed by atoms with E-state index in [-0.39, 0.29) is 0 Å². The second-order valence-corrected chi connectivity index (χ2v) is 6.10. The van der Waals surface area contributed by atoms with E-state index < -0.39 is 0 Å². The number of hydrogen-bond acceptors (Lipinski definition) is 3. The van der Waals surface area contributed by atoms with Crippen molar-refractivity contribution in [2.75, 3.05) is 25.5 Å². The zero-order valence-corrected chi connectivity index (χ0v) is 12.1. The lowest BCUT2D eigenvalue weighted by atomic mass is 10.0. The molecule has 1 unspecified atom stereocenters. The van der Waals surface area contributed by atoms with Gasteiger partial charge in [0.2, 0.25) is 0 Å². The maximum atomic E-state index is 6.08. The first kappa shape index (κ1) is 12.9. The van der Waals surface area contributed by atoms with Gasteiger partial charge in [-0.25, -0.2) is 0 Å². The summed E-state index contributed by atoms with van der Waals surface area (Å²) in [6.07, 6.45) is 5.47. The van der Waals surface area contributed by atoms with E-state index in [1.54, 1.807) is 0 Å². The van der Waals surface area contributed by atoms with Crippen molar-refractivity contribution in [3.8, 4) is 0 Å². The highest BCUT2D eigenvalue weighted by molar-refractivity contribution is 5.58. The summed E-state index contributed by atoms with van der Waals surface area (Å²) in [6, 6.07) is 7.85. The van der Waals surface area contributed by atoms with Crippen molar-refractivity contribution in [3.05, 3.63) is 29.3 Å². The van der Waals surface area contributed by atoms with Crippen molar-refractivity contribution in [2.24, 2.45) is 5.73 Å². The van der Waals surface area contributed by atoms with Crippen molar-refractivity contribution in [3.63, 3.8) is 0 Å². The minimum Gasteiger partial charge on any atom is -0.377 e. The largest absolute Gasteiger partial charge is 0.377 e. The maximum absolute atomic E-state index is 6.08. The van der Waals surface area contributed by atoms with Gasteiger partial charge in [-0.05, 0) is 30.0 Å². The van der Waals surface area contributed by atoms with Gasteiger partial charge in [0.05, 0.1) is 0 Å². The first-order valence-corrected chi connectivity index (χ1v) is 7.47. The molecule has 3 rings (SSSR count). The lowest BCUT2D eigenvalue weighted by molar-refractivity contribution is 0.152. The van der Waals surface area contributed by atoms with Crippen molar-refractivity contribution >= 4 is 5.69 Å². The number of fused-ring (bicyclic) bond motifs is 1. The molecular formula is C16H25N3.